The number of sulfonamides is 1. The van der Waals surface area contributed by atoms with E-state index in [0.29, 0.717) is 23.2 Å². The molecule has 1 fully saturated rings. The molecule has 0 saturated carbocycles. The molecule has 3 aromatic rings. The third-order valence-corrected chi connectivity index (χ3v) is 8.12. The van der Waals surface area contributed by atoms with Crippen LogP contribution < -0.4 is 0 Å². The number of nitrogens with one attached hydrogen (secondary N) is 1. The first-order valence-electron chi connectivity index (χ1n) is 8.18. The molecule has 1 aromatic carbocycles. The van der Waals surface area contributed by atoms with Gasteiger partial charge in [-0.05, 0) is 49.4 Å². The molecule has 24 heavy (non-hydrogen) atoms. The van der Waals surface area contributed by atoms with Crippen LogP contribution in [-0.4, -0.2) is 30.8 Å². The first kappa shape index (κ1) is 15.9. The number of aromatic nitrogens is 1. The van der Waals surface area contributed by atoms with Gasteiger partial charge in [0.15, 0.2) is 0 Å². The minimum atomic E-state index is -3.33. The molecule has 4 nitrogen and oxygen atoms in total. The highest BCUT2D eigenvalue weighted by atomic mass is 32.2. The topological polar surface area (TPSA) is 53.2 Å². The van der Waals surface area contributed by atoms with E-state index in [-0.39, 0.29) is 0 Å². The van der Waals surface area contributed by atoms with Crippen molar-refractivity contribution in [1.82, 2.24) is 9.29 Å². The molecule has 1 saturated heterocycles. The van der Waals surface area contributed by atoms with Gasteiger partial charge in [0.2, 0.25) is 0 Å². The molecule has 0 aliphatic carbocycles. The maximum absolute atomic E-state index is 12.7. The van der Waals surface area contributed by atoms with Gasteiger partial charge >= 0.3 is 0 Å². The van der Waals surface area contributed by atoms with E-state index in [1.54, 1.807) is 10.4 Å². The van der Waals surface area contributed by atoms with Crippen molar-refractivity contribution in [2.24, 2.45) is 0 Å². The zero-order chi connectivity index (χ0) is 16.7. The van der Waals surface area contributed by atoms with Crippen LogP contribution in [0.25, 0.3) is 10.9 Å². The number of hydrogen-bond acceptors (Lipinski definition) is 3. The molecule has 2 aromatic heterocycles. The lowest BCUT2D eigenvalue weighted by Crippen LogP contribution is -2.37. The van der Waals surface area contributed by atoms with Gasteiger partial charge in [0.25, 0.3) is 10.0 Å². The van der Waals surface area contributed by atoms with E-state index in [4.69, 9.17) is 0 Å². The third-order valence-electron chi connectivity index (χ3n) is 4.75. The maximum atomic E-state index is 12.7. The second-order valence-corrected chi connectivity index (χ2v) is 9.81. The van der Waals surface area contributed by atoms with Crippen molar-refractivity contribution < 1.29 is 8.42 Å². The van der Waals surface area contributed by atoms with Crippen LogP contribution >= 0.6 is 11.3 Å². The Hall–Kier alpha value is -1.63. The van der Waals surface area contributed by atoms with E-state index in [0.717, 1.165) is 23.2 Å². The Morgan fingerprint density at radius 3 is 2.54 bits per heavy atom. The summed E-state index contributed by atoms with van der Waals surface area (Å²) in [6, 6.07) is 14.0. The van der Waals surface area contributed by atoms with Crippen LogP contribution in [0.5, 0.6) is 0 Å². The number of benzene rings is 1. The Labute approximate surface area is 146 Å². The van der Waals surface area contributed by atoms with Crippen molar-refractivity contribution in [1.29, 1.82) is 0 Å². The molecule has 3 heterocycles. The van der Waals surface area contributed by atoms with Crippen LogP contribution in [0.15, 0.2) is 46.7 Å². The fourth-order valence-electron chi connectivity index (χ4n) is 3.40. The monoisotopic (exact) mass is 360 g/mol. The fraction of sp³-hybridized carbons (Fsp3) is 0.333. The summed E-state index contributed by atoms with van der Waals surface area (Å²) < 4.78 is 27.5. The van der Waals surface area contributed by atoms with Crippen LogP contribution in [0, 0.1) is 6.92 Å². The van der Waals surface area contributed by atoms with Crippen molar-refractivity contribution in [3.05, 3.63) is 53.0 Å². The number of aromatic amines is 1. The maximum Gasteiger partial charge on any atom is 0.252 e. The minimum Gasteiger partial charge on any atom is -0.358 e. The first-order chi connectivity index (χ1) is 11.5. The van der Waals surface area contributed by atoms with Gasteiger partial charge in [0, 0.05) is 35.1 Å². The molecule has 1 aliphatic rings. The molecule has 6 heteroatoms. The fourth-order valence-corrected chi connectivity index (χ4v) is 6.31. The van der Waals surface area contributed by atoms with Crippen LogP contribution in [0.1, 0.15) is 29.3 Å². The summed E-state index contributed by atoms with van der Waals surface area (Å²) >= 11 is 1.35. The molecule has 1 aliphatic heterocycles. The van der Waals surface area contributed by atoms with Crippen molar-refractivity contribution in [3.8, 4) is 0 Å². The summed E-state index contributed by atoms with van der Waals surface area (Å²) in [5, 5.41) is 1.22. The van der Waals surface area contributed by atoms with Gasteiger partial charge in [0.05, 0.1) is 0 Å². The molecule has 0 spiro atoms. The number of H-pyrrole nitrogens is 1. The van der Waals surface area contributed by atoms with E-state index in [2.05, 4.69) is 23.2 Å². The Bertz CT molecular complexity index is 931. The largest absolute Gasteiger partial charge is 0.358 e. The normalized spacial score (nSPS) is 17.5. The van der Waals surface area contributed by atoms with Crippen LogP contribution in [0.3, 0.4) is 0 Å². The molecule has 4 rings (SSSR count). The van der Waals surface area contributed by atoms with Crippen molar-refractivity contribution in [2.45, 2.75) is 29.9 Å². The summed E-state index contributed by atoms with van der Waals surface area (Å²) in [6.45, 7) is 3.10. The Balaban J connectivity index is 1.50. The van der Waals surface area contributed by atoms with E-state index in [9.17, 15) is 8.42 Å². The van der Waals surface area contributed by atoms with E-state index in [1.807, 2.05) is 25.1 Å². The lowest BCUT2D eigenvalue weighted by Gasteiger charge is -2.30. The van der Waals surface area contributed by atoms with Gasteiger partial charge in [-0.2, -0.15) is 4.31 Å². The van der Waals surface area contributed by atoms with Crippen molar-refractivity contribution in [2.75, 3.05) is 13.1 Å². The predicted molar refractivity (Wildman–Crippen MR) is 98.1 cm³/mol. The van der Waals surface area contributed by atoms with Gasteiger partial charge < -0.3 is 4.98 Å². The second kappa shape index (κ2) is 6.02. The number of fused-ring (bicyclic) bond motifs is 1. The molecular weight excluding hydrogens is 340 g/mol. The first-order valence-corrected chi connectivity index (χ1v) is 10.4. The van der Waals surface area contributed by atoms with E-state index < -0.39 is 10.0 Å². The zero-order valence-electron chi connectivity index (χ0n) is 13.5. The predicted octanol–water partition coefficient (Wildman–Crippen LogP) is 4.11. The van der Waals surface area contributed by atoms with Gasteiger partial charge in [-0.3, -0.25) is 0 Å². The summed E-state index contributed by atoms with van der Waals surface area (Å²) in [4.78, 5) is 4.52. The molecule has 0 atom stereocenters. The second-order valence-electron chi connectivity index (χ2n) is 6.36. The summed E-state index contributed by atoms with van der Waals surface area (Å²) in [5.41, 5.74) is 2.37. The van der Waals surface area contributed by atoms with Crippen molar-refractivity contribution >= 4 is 32.3 Å². The standard InChI is InChI=1S/C18H20N2O2S2/c1-13-6-7-18(23-13)24(21,22)20-10-8-14(9-11-20)17-12-15-4-2-3-5-16(15)19-17/h2-7,12,14,19H,8-11H2,1H3. The van der Waals surface area contributed by atoms with Gasteiger partial charge in [-0.25, -0.2) is 8.42 Å². The average molecular weight is 361 g/mol. The summed E-state index contributed by atoms with van der Waals surface area (Å²) in [6.07, 6.45) is 1.72. The molecule has 1 N–H and O–H groups in total. The summed E-state index contributed by atoms with van der Waals surface area (Å²) in [5.74, 6) is 0.397. The molecule has 0 radical (unpaired) electrons. The Kier molecular flexibility index (Phi) is 3.98. The number of aryl methyl sites for hydroxylation is 1. The highest BCUT2D eigenvalue weighted by Gasteiger charge is 2.31. The Morgan fingerprint density at radius 1 is 1.12 bits per heavy atom. The smallest absolute Gasteiger partial charge is 0.252 e. The van der Waals surface area contributed by atoms with Crippen LogP contribution in [0.2, 0.25) is 0 Å². The number of para-hydroxylation sites is 1. The highest BCUT2D eigenvalue weighted by Crippen LogP contribution is 2.33. The Morgan fingerprint density at radius 2 is 1.88 bits per heavy atom. The molecule has 0 amide bonds. The van der Waals surface area contributed by atoms with Crippen LogP contribution in [-0.2, 0) is 10.0 Å². The lowest BCUT2D eigenvalue weighted by atomic mass is 9.95. The quantitative estimate of drug-likeness (QED) is 0.764. The molecule has 126 valence electrons. The number of rotatable bonds is 3. The minimum absolute atomic E-state index is 0.397. The third kappa shape index (κ3) is 2.79. The van der Waals surface area contributed by atoms with Crippen LogP contribution in [0.4, 0.5) is 0 Å². The van der Waals surface area contributed by atoms with Gasteiger partial charge in [-0.1, -0.05) is 18.2 Å². The average Bonchev–Trinajstić information content (AvgIpc) is 3.21. The zero-order valence-corrected chi connectivity index (χ0v) is 15.2. The molecule has 0 unspecified atom stereocenters. The number of thiophene rings is 1. The lowest BCUT2D eigenvalue weighted by molar-refractivity contribution is 0.318. The van der Waals surface area contributed by atoms with E-state index >= 15 is 0 Å². The number of piperidine rings is 1. The summed E-state index contributed by atoms with van der Waals surface area (Å²) in [7, 11) is -3.33. The SMILES string of the molecule is Cc1ccc(S(=O)(=O)N2CCC(c3cc4ccccc4[nH]3)CC2)s1. The van der Waals surface area contributed by atoms with Gasteiger partial charge in [0.1, 0.15) is 4.21 Å². The highest BCUT2D eigenvalue weighted by molar-refractivity contribution is 7.91. The number of nitrogens with zero attached hydrogens (tertiary/aromatic N) is 1. The molecular formula is C18H20N2O2S2. The molecule has 0 bridgehead atoms. The van der Waals surface area contributed by atoms with Gasteiger partial charge in [-0.15, -0.1) is 11.3 Å². The number of hydrogen-bond donors (Lipinski definition) is 1. The van der Waals surface area contributed by atoms with E-state index in [1.165, 1.54) is 22.4 Å². The van der Waals surface area contributed by atoms with Crippen molar-refractivity contribution in [3.63, 3.8) is 0 Å².